The number of likely N-dealkylation sites (tertiary alicyclic amines) is 1. The molecule has 1 N–H and O–H groups in total. The van der Waals surface area contributed by atoms with E-state index in [1.54, 1.807) is 30.3 Å². The number of rotatable bonds is 3. The second-order valence-electron chi connectivity index (χ2n) is 5.10. The van der Waals surface area contributed by atoms with Gasteiger partial charge in [0, 0.05) is 13.1 Å². The molecule has 0 spiro atoms. The number of hydrogen-bond acceptors (Lipinski definition) is 3. The Balaban J connectivity index is 2.00. The lowest BCUT2D eigenvalue weighted by Crippen LogP contribution is -2.47. The summed E-state index contributed by atoms with van der Waals surface area (Å²) in [7, 11) is 0. The highest BCUT2D eigenvalue weighted by atomic mass is 19.4. The number of aliphatic carboxylic acids is 1. The van der Waals surface area contributed by atoms with Crippen LogP contribution in [0.2, 0.25) is 0 Å². The van der Waals surface area contributed by atoms with Gasteiger partial charge in [-0.2, -0.15) is 13.2 Å². The summed E-state index contributed by atoms with van der Waals surface area (Å²) in [5.74, 6) is -1.97. The van der Waals surface area contributed by atoms with E-state index in [0.717, 1.165) is 4.90 Å². The minimum Gasteiger partial charge on any atom is -0.481 e. The Hall–Kier alpha value is -2.25. The number of benzene rings is 1. The van der Waals surface area contributed by atoms with Crippen LogP contribution in [-0.2, 0) is 16.1 Å². The van der Waals surface area contributed by atoms with Gasteiger partial charge in [0.2, 0.25) is 0 Å². The van der Waals surface area contributed by atoms with Crippen molar-refractivity contribution >= 4 is 12.1 Å². The maximum absolute atomic E-state index is 13.0. The number of carbonyl (C=O) groups excluding carboxylic acids is 1. The second kappa shape index (κ2) is 5.86. The monoisotopic (exact) mass is 317 g/mol. The quantitative estimate of drug-likeness (QED) is 0.931. The first-order chi connectivity index (χ1) is 10.3. The van der Waals surface area contributed by atoms with Gasteiger partial charge in [0.05, 0.1) is 0 Å². The van der Waals surface area contributed by atoms with Crippen LogP contribution in [-0.4, -0.2) is 41.3 Å². The molecule has 0 radical (unpaired) electrons. The molecule has 1 aromatic carbocycles. The van der Waals surface area contributed by atoms with Gasteiger partial charge in [-0.15, -0.1) is 0 Å². The Morgan fingerprint density at radius 3 is 2.41 bits per heavy atom. The van der Waals surface area contributed by atoms with E-state index in [-0.39, 0.29) is 13.2 Å². The Morgan fingerprint density at radius 1 is 1.27 bits per heavy atom. The molecule has 1 heterocycles. The van der Waals surface area contributed by atoms with Gasteiger partial charge in [0.15, 0.2) is 5.41 Å². The average Bonchev–Trinajstić information content (AvgIpc) is 2.92. The van der Waals surface area contributed by atoms with Crippen molar-refractivity contribution in [2.75, 3.05) is 13.1 Å². The number of alkyl halides is 3. The number of nitrogens with zero attached hydrogens (tertiary/aromatic N) is 1. The van der Waals surface area contributed by atoms with Gasteiger partial charge >= 0.3 is 18.2 Å². The number of carboxylic acid groups (broad SMARTS) is 1. The predicted molar refractivity (Wildman–Crippen MR) is 68.9 cm³/mol. The molecule has 0 bridgehead atoms. The molecule has 0 aromatic heterocycles. The molecule has 1 aliphatic rings. The molecule has 8 heteroatoms. The van der Waals surface area contributed by atoms with Crippen LogP contribution in [0.5, 0.6) is 0 Å². The maximum Gasteiger partial charge on any atom is 0.410 e. The lowest BCUT2D eigenvalue weighted by Gasteiger charge is -2.26. The lowest BCUT2D eigenvalue weighted by atomic mass is 9.86. The molecule has 22 heavy (non-hydrogen) atoms. The number of amides is 1. The fourth-order valence-corrected chi connectivity index (χ4v) is 2.30. The van der Waals surface area contributed by atoms with Crippen LogP contribution in [0.3, 0.4) is 0 Å². The summed E-state index contributed by atoms with van der Waals surface area (Å²) >= 11 is 0. The van der Waals surface area contributed by atoms with Crippen LogP contribution in [0, 0.1) is 5.41 Å². The number of hydrogen-bond donors (Lipinski definition) is 1. The van der Waals surface area contributed by atoms with Crippen molar-refractivity contribution in [2.45, 2.75) is 19.2 Å². The smallest absolute Gasteiger partial charge is 0.410 e. The van der Waals surface area contributed by atoms with E-state index in [2.05, 4.69) is 0 Å². The second-order valence-corrected chi connectivity index (χ2v) is 5.10. The molecular formula is C14H14F3NO4. The number of carboxylic acids is 1. The fourth-order valence-electron chi connectivity index (χ4n) is 2.30. The molecule has 1 fully saturated rings. The highest BCUT2D eigenvalue weighted by Crippen LogP contribution is 2.45. The largest absolute Gasteiger partial charge is 0.481 e. The van der Waals surface area contributed by atoms with Crippen LogP contribution in [0.1, 0.15) is 12.0 Å². The first-order valence-corrected chi connectivity index (χ1v) is 6.52. The molecule has 1 atom stereocenters. The Bertz CT molecular complexity index is 561. The maximum atomic E-state index is 13.0. The van der Waals surface area contributed by atoms with Gasteiger partial charge in [-0.1, -0.05) is 30.3 Å². The van der Waals surface area contributed by atoms with Crippen molar-refractivity contribution < 1.29 is 32.6 Å². The van der Waals surface area contributed by atoms with Gasteiger partial charge in [-0.3, -0.25) is 4.79 Å². The SMILES string of the molecule is O=C(OCc1ccccc1)N1CCC(C(=O)O)(C(F)(F)F)C1. The zero-order chi connectivity index (χ0) is 16.4. The summed E-state index contributed by atoms with van der Waals surface area (Å²) in [6, 6.07) is 8.65. The predicted octanol–water partition coefficient (Wildman–Crippen LogP) is 2.66. The molecule has 5 nitrogen and oxygen atoms in total. The standard InChI is InChI=1S/C14H14F3NO4/c15-14(16,17)13(11(19)20)6-7-18(9-13)12(21)22-8-10-4-2-1-3-5-10/h1-5H,6-9H2,(H,19,20). The summed E-state index contributed by atoms with van der Waals surface area (Å²) < 4.78 is 43.9. The third-order valence-electron chi connectivity index (χ3n) is 3.68. The van der Waals surface area contributed by atoms with Crippen molar-refractivity contribution in [3.63, 3.8) is 0 Å². The molecule has 1 aromatic rings. The Labute approximate surface area is 124 Å². The van der Waals surface area contributed by atoms with E-state index in [9.17, 15) is 22.8 Å². The summed E-state index contributed by atoms with van der Waals surface area (Å²) in [6.45, 7) is -1.32. The van der Waals surface area contributed by atoms with Crippen molar-refractivity contribution in [3.05, 3.63) is 35.9 Å². The van der Waals surface area contributed by atoms with E-state index in [4.69, 9.17) is 9.84 Å². The van der Waals surface area contributed by atoms with E-state index in [1.807, 2.05) is 0 Å². The normalized spacial score (nSPS) is 21.7. The average molecular weight is 317 g/mol. The number of halogens is 3. The van der Waals surface area contributed by atoms with Crippen LogP contribution in [0.15, 0.2) is 30.3 Å². The van der Waals surface area contributed by atoms with Gasteiger partial charge in [0.25, 0.3) is 0 Å². The molecule has 1 amide bonds. The Kier molecular flexibility index (Phi) is 4.30. The molecular weight excluding hydrogens is 303 g/mol. The van der Waals surface area contributed by atoms with Gasteiger partial charge in [-0.05, 0) is 12.0 Å². The van der Waals surface area contributed by atoms with Crippen LogP contribution >= 0.6 is 0 Å². The Morgan fingerprint density at radius 2 is 1.91 bits per heavy atom. The van der Waals surface area contributed by atoms with Crippen molar-refractivity contribution in [1.82, 2.24) is 4.90 Å². The minimum atomic E-state index is -4.92. The highest BCUT2D eigenvalue weighted by molar-refractivity contribution is 5.78. The van der Waals surface area contributed by atoms with Gasteiger partial charge < -0.3 is 14.7 Å². The van der Waals surface area contributed by atoms with Crippen molar-refractivity contribution in [2.24, 2.45) is 5.41 Å². The van der Waals surface area contributed by atoms with E-state index < -0.39 is 36.6 Å². The summed E-state index contributed by atoms with van der Waals surface area (Å²) in [5, 5.41) is 8.91. The minimum absolute atomic E-state index is 0.0811. The zero-order valence-electron chi connectivity index (χ0n) is 11.5. The number of carbonyl (C=O) groups is 2. The molecule has 0 saturated carbocycles. The number of ether oxygens (including phenoxy) is 1. The molecule has 1 aliphatic heterocycles. The molecule has 120 valence electrons. The van der Waals surface area contributed by atoms with Gasteiger partial charge in [0.1, 0.15) is 6.61 Å². The molecule has 1 unspecified atom stereocenters. The lowest BCUT2D eigenvalue weighted by molar-refractivity contribution is -0.227. The van der Waals surface area contributed by atoms with E-state index in [1.165, 1.54) is 0 Å². The fraction of sp³-hybridized carbons (Fsp3) is 0.429. The zero-order valence-corrected chi connectivity index (χ0v) is 11.5. The summed E-state index contributed by atoms with van der Waals surface area (Å²) in [6.07, 6.45) is -6.55. The third kappa shape index (κ3) is 3.00. The van der Waals surface area contributed by atoms with E-state index in [0.29, 0.717) is 5.56 Å². The molecule has 0 aliphatic carbocycles. The van der Waals surface area contributed by atoms with Crippen LogP contribution < -0.4 is 0 Å². The topological polar surface area (TPSA) is 66.8 Å². The van der Waals surface area contributed by atoms with Crippen LogP contribution in [0.25, 0.3) is 0 Å². The summed E-state index contributed by atoms with van der Waals surface area (Å²) in [4.78, 5) is 23.6. The van der Waals surface area contributed by atoms with Crippen molar-refractivity contribution in [3.8, 4) is 0 Å². The molecule has 2 rings (SSSR count). The molecule has 1 saturated heterocycles. The first-order valence-electron chi connectivity index (χ1n) is 6.52. The van der Waals surface area contributed by atoms with Crippen LogP contribution in [0.4, 0.5) is 18.0 Å². The summed E-state index contributed by atoms with van der Waals surface area (Å²) in [5.41, 5.74) is -2.23. The highest BCUT2D eigenvalue weighted by Gasteiger charge is 2.64. The first kappa shape index (κ1) is 16.1. The van der Waals surface area contributed by atoms with Gasteiger partial charge in [-0.25, -0.2) is 4.79 Å². The van der Waals surface area contributed by atoms with E-state index >= 15 is 0 Å². The van der Waals surface area contributed by atoms with Crippen molar-refractivity contribution in [1.29, 1.82) is 0 Å². The third-order valence-corrected chi connectivity index (χ3v) is 3.68.